The molecule has 0 saturated heterocycles. The van der Waals surface area contributed by atoms with Gasteiger partial charge in [0, 0.05) is 6.42 Å². The number of amides is 1. The number of benzene rings is 2. The number of carbonyl (C=O) groups excluding carboxylic acids is 1. The zero-order valence-electron chi connectivity index (χ0n) is 13.9. The van der Waals surface area contributed by atoms with Crippen molar-refractivity contribution in [2.24, 2.45) is 0 Å². The van der Waals surface area contributed by atoms with E-state index in [4.69, 9.17) is 4.74 Å². The van der Waals surface area contributed by atoms with Crippen LogP contribution < -0.4 is 10.1 Å². The first-order valence-electron chi connectivity index (χ1n) is 7.92. The van der Waals surface area contributed by atoms with Crippen LogP contribution in [0.4, 0.5) is 0 Å². The highest BCUT2D eigenvalue weighted by Crippen LogP contribution is 2.15. The number of hydrogen-bond donors (Lipinski definition) is 3. The Bertz CT molecular complexity index is 698. The Kier molecular flexibility index (Phi) is 6.54. The lowest BCUT2D eigenvalue weighted by atomic mass is 10.1. The lowest BCUT2D eigenvalue weighted by Crippen LogP contribution is -2.45. The summed E-state index contributed by atoms with van der Waals surface area (Å²) in [5.41, 5.74) is 1.80. The standard InChI is InChI=1S/C19H21NO5/c1-13(21)18(22)20-17(19(23)24)11-14-7-9-16(10-8-14)25-12-15-5-3-2-4-6-15/h2-10,13,17,21H,11-12H2,1H3,(H,20,22)(H,23,24)/t13-,17-/m0/s1. The number of aliphatic carboxylic acids is 1. The summed E-state index contributed by atoms with van der Waals surface area (Å²) in [5.74, 6) is -1.19. The highest BCUT2D eigenvalue weighted by molar-refractivity contribution is 5.86. The molecule has 0 fully saturated rings. The maximum Gasteiger partial charge on any atom is 0.326 e. The van der Waals surface area contributed by atoms with Gasteiger partial charge in [-0.1, -0.05) is 42.5 Å². The lowest BCUT2D eigenvalue weighted by Gasteiger charge is -2.16. The van der Waals surface area contributed by atoms with Crippen molar-refractivity contribution >= 4 is 11.9 Å². The number of ether oxygens (including phenoxy) is 1. The predicted octanol–water partition coefficient (Wildman–Crippen LogP) is 1.76. The molecule has 0 aliphatic rings. The van der Waals surface area contributed by atoms with Crippen molar-refractivity contribution in [3.63, 3.8) is 0 Å². The van der Waals surface area contributed by atoms with Gasteiger partial charge in [-0.25, -0.2) is 4.79 Å². The first-order chi connectivity index (χ1) is 12.0. The van der Waals surface area contributed by atoms with Crippen LogP contribution in [0.2, 0.25) is 0 Å². The summed E-state index contributed by atoms with van der Waals surface area (Å²) in [7, 11) is 0. The molecule has 0 saturated carbocycles. The highest BCUT2D eigenvalue weighted by atomic mass is 16.5. The minimum atomic E-state index is -1.25. The molecule has 0 unspecified atom stereocenters. The number of nitrogens with one attached hydrogen (secondary N) is 1. The van der Waals surface area contributed by atoms with E-state index in [1.165, 1.54) is 6.92 Å². The van der Waals surface area contributed by atoms with Crippen LogP contribution in [-0.2, 0) is 22.6 Å². The highest BCUT2D eigenvalue weighted by Gasteiger charge is 2.22. The molecular formula is C19H21NO5. The van der Waals surface area contributed by atoms with Gasteiger partial charge >= 0.3 is 5.97 Å². The molecule has 2 aromatic carbocycles. The van der Waals surface area contributed by atoms with E-state index in [0.29, 0.717) is 12.4 Å². The molecule has 0 spiro atoms. The third-order valence-electron chi connectivity index (χ3n) is 3.61. The van der Waals surface area contributed by atoms with Gasteiger partial charge in [0.25, 0.3) is 0 Å². The monoisotopic (exact) mass is 343 g/mol. The normalized spacial score (nSPS) is 12.9. The molecule has 6 nitrogen and oxygen atoms in total. The number of aliphatic hydroxyl groups excluding tert-OH is 1. The van der Waals surface area contributed by atoms with Crippen LogP contribution in [0.3, 0.4) is 0 Å². The average Bonchev–Trinajstić information content (AvgIpc) is 2.61. The second-order valence-electron chi connectivity index (χ2n) is 5.70. The summed E-state index contributed by atoms with van der Waals surface area (Å²) in [5, 5.41) is 20.7. The number of aliphatic hydroxyl groups is 1. The molecule has 3 N–H and O–H groups in total. The number of carboxylic acids is 1. The summed E-state index contributed by atoms with van der Waals surface area (Å²) in [6.07, 6.45) is -1.14. The van der Waals surface area contributed by atoms with Gasteiger partial charge in [0.2, 0.25) is 5.91 Å². The average molecular weight is 343 g/mol. The fourth-order valence-electron chi connectivity index (χ4n) is 2.19. The molecule has 1 amide bonds. The van der Waals surface area contributed by atoms with Crippen LogP contribution in [0.1, 0.15) is 18.1 Å². The van der Waals surface area contributed by atoms with Crippen LogP contribution in [0, 0.1) is 0 Å². The molecule has 132 valence electrons. The Balaban J connectivity index is 1.93. The first kappa shape index (κ1) is 18.5. The van der Waals surface area contributed by atoms with Crippen LogP contribution in [0.25, 0.3) is 0 Å². The minimum absolute atomic E-state index is 0.118. The number of hydrogen-bond acceptors (Lipinski definition) is 4. The van der Waals surface area contributed by atoms with E-state index in [9.17, 15) is 19.8 Å². The second-order valence-corrected chi connectivity index (χ2v) is 5.70. The molecule has 6 heteroatoms. The van der Waals surface area contributed by atoms with Crippen LogP contribution in [0.5, 0.6) is 5.75 Å². The van der Waals surface area contributed by atoms with Gasteiger partial charge in [-0.15, -0.1) is 0 Å². The first-order valence-corrected chi connectivity index (χ1v) is 7.92. The summed E-state index contributed by atoms with van der Waals surface area (Å²) < 4.78 is 5.68. The Labute approximate surface area is 146 Å². The Hall–Kier alpha value is -2.86. The van der Waals surface area contributed by atoms with Crippen LogP contribution >= 0.6 is 0 Å². The van der Waals surface area contributed by atoms with E-state index in [-0.39, 0.29) is 6.42 Å². The van der Waals surface area contributed by atoms with Crippen molar-refractivity contribution in [2.45, 2.75) is 32.1 Å². The van der Waals surface area contributed by atoms with Gasteiger partial charge < -0.3 is 20.3 Å². The summed E-state index contributed by atoms with van der Waals surface area (Å²) in [4.78, 5) is 22.7. The molecule has 2 atom stereocenters. The Morgan fingerprint density at radius 1 is 1.04 bits per heavy atom. The maximum atomic E-state index is 11.5. The molecule has 0 aromatic heterocycles. The summed E-state index contributed by atoms with van der Waals surface area (Å²) >= 11 is 0. The van der Waals surface area contributed by atoms with Gasteiger partial charge in [-0.3, -0.25) is 4.79 Å². The molecule has 0 aliphatic heterocycles. The third kappa shape index (κ3) is 5.93. The number of rotatable bonds is 8. The topological polar surface area (TPSA) is 95.9 Å². The summed E-state index contributed by atoms with van der Waals surface area (Å²) in [6, 6.07) is 15.7. The van der Waals surface area contributed by atoms with Gasteiger partial charge in [0.05, 0.1) is 0 Å². The lowest BCUT2D eigenvalue weighted by molar-refractivity contribution is -0.143. The molecule has 0 radical (unpaired) electrons. The van der Waals surface area contributed by atoms with Crippen molar-refractivity contribution in [1.82, 2.24) is 5.32 Å². The SMILES string of the molecule is C[C@H](O)C(=O)N[C@@H](Cc1ccc(OCc2ccccc2)cc1)C(=O)O. The van der Waals surface area contributed by atoms with Crippen molar-refractivity contribution in [3.05, 3.63) is 65.7 Å². The molecule has 0 heterocycles. The Morgan fingerprint density at radius 2 is 1.68 bits per heavy atom. The van der Waals surface area contributed by atoms with E-state index in [1.54, 1.807) is 24.3 Å². The zero-order valence-corrected chi connectivity index (χ0v) is 13.9. The molecule has 0 aliphatic carbocycles. The van der Waals surface area contributed by atoms with Gasteiger partial charge in [0.15, 0.2) is 0 Å². The fraction of sp³-hybridized carbons (Fsp3) is 0.263. The second kappa shape index (κ2) is 8.84. The zero-order chi connectivity index (χ0) is 18.2. The van der Waals surface area contributed by atoms with Crippen molar-refractivity contribution in [3.8, 4) is 5.75 Å². The Morgan fingerprint density at radius 3 is 2.24 bits per heavy atom. The van der Waals surface area contributed by atoms with Gasteiger partial charge in [-0.05, 0) is 30.2 Å². The van der Waals surface area contributed by atoms with Crippen LogP contribution in [-0.4, -0.2) is 34.2 Å². The van der Waals surface area contributed by atoms with E-state index in [2.05, 4.69) is 5.32 Å². The quantitative estimate of drug-likeness (QED) is 0.679. The fourth-order valence-corrected chi connectivity index (χ4v) is 2.19. The van der Waals surface area contributed by atoms with Crippen LogP contribution in [0.15, 0.2) is 54.6 Å². The molecule has 25 heavy (non-hydrogen) atoms. The molecular weight excluding hydrogens is 322 g/mol. The van der Waals surface area contributed by atoms with E-state index >= 15 is 0 Å². The smallest absolute Gasteiger partial charge is 0.326 e. The largest absolute Gasteiger partial charge is 0.489 e. The van der Waals surface area contributed by atoms with E-state index < -0.39 is 24.0 Å². The van der Waals surface area contributed by atoms with Crippen molar-refractivity contribution in [1.29, 1.82) is 0 Å². The minimum Gasteiger partial charge on any atom is -0.489 e. The van der Waals surface area contributed by atoms with Gasteiger partial charge in [0.1, 0.15) is 24.5 Å². The number of carbonyl (C=O) groups is 2. The molecule has 2 aromatic rings. The van der Waals surface area contributed by atoms with Crippen molar-refractivity contribution < 1.29 is 24.5 Å². The molecule has 0 bridgehead atoms. The van der Waals surface area contributed by atoms with E-state index in [0.717, 1.165) is 11.1 Å². The van der Waals surface area contributed by atoms with Crippen molar-refractivity contribution in [2.75, 3.05) is 0 Å². The summed E-state index contributed by atoms with van der Waals surface area (Å²) in [6.45, 7) is 1.73. The molecule has 2 rings (SSSR count). The number of carboxylic acid groups (broad SMARTS) is 1. The predicted molar refractivity (Wildman–Crippen MR) is 92.2 cm³/mol. The van der Waals surface area contributed by atoms with Gasteiger partial charge in [-0.2, -0.15) is 0 Å². The third-order valence-corrected chi connectivity index (χ3v) is 3.61. The van der Waals surface area contributed by atoms with E-state index in [1.807, 2.05) is 30.3 Å². The maximum absolute atomic E-state index is 11.5.